The van der Waals surface area contributed by atoms with Crippen molar-refractivity contribution < 1.29 is 37.3 Å². The lowest BCUT2D eigenvalue weighted by Gasteiger charge is -2.44. The van der Waals surface area contributed by atoms with Crippen molar-refractivity contribution >= 4 is 56.1 Å². The topological polar surface area (TPSA) is 245 Å². The Labute approximate surface area is 196 Å². The number of rotatable bonds is 9. The lowest BCUT2D eigenvalue weighted by atomic mass is 9.98. The first kappa shape index (κ1) is 24.9. The SMILES string of the molecule is CC(C)(O/N=C(\C(=O)N[C@@H]1C(=O)N(S(=O)(=O)O)[C@@H]1Cn1ccc(N)n1)c1csc(N)n1)C(=O)O. The first-order chi connectivity index (χ1) is 15.7. The van der Waals surface area contributed by atoms with Crippen molar-refractivity contribution in [1.29, 1.82) is 0 Å². The molecule has 1 fully saturated rings. The van der Waals surface area contributed by atoms with Crippen LogP contribution in [0.3, 0.4) is 0 Å². The predicted octanol–water partition coefficient (Wildman–Crippen LogP) is -1.71. The fourth-order valence-electron chi connectivity index (χ4n) is 2.82. The summed E-state index contributed by atoms with van der Waals surface area (Å²) in [6.07, 6.45) is 1.41. The van der Waals surface area contributed by atoms with Gasteiger partial charge in [0.05, 0.1) is 12.6 Å². The molecular formula is C16H20N8O8S2. The number of aromatic nitrogens is 3. The number of nitrogen functional groups attached to an aromatic ring is 2. The van der Waals surface area contributed by atoms with E-state index < -0.39 is 51.5 Å². The third-order valence-electron chi connectivity index (χ3n) is 4.60. The lowest BCUT2D eigenvalue weighted by molar-refractivity contribution is -0.161. The van der Waals surface area contributed by atoms with Crippen LogP contribution in [0.5, 0.6) is 0 Å². The highest BCUT2D eigenvalue weighted by Crippen LogP contribution is 2.25. The molecule has 1 aliphatic heterocycles. The van der Waals surface area contributed by atoms with E-state index in [0.29, 0.717) is 0 Å². The van der Waals surface area contributed by atoms with E-state index in [4.69, 9.17) is 16.3 Å². The number of nitrogens with zero attached hydrogens (tertiary/aromatic N) is 5. The molecule has 2 atom stereocenters. The van der Waals surface area contributed by atoms with Crippen molar-refractivity contribution in [1.82, 2.24) is 24.4 Å². The van der Waals surface area contributed by atoms with Gasteiger partial charge in [0, 0.05) is 11.6 Å². The number of oxime groups is 1. The number of anilines is 2. The molecule has 184 valence electrons. The molecule has 2 aromatic heterocycles. The van der Waals surface area contributed by atoms with Crippen LogP contribution >= 0.6 is 11.3 Å². The van der Waals surface area contributed by atoms with Crippen LogP contribution in [-0.4, -0.2) is 78.3 Å². The van der Waals surface area contributed by atoms with Crippen molar-refractivity contribution in [3.8, 4) is 0 Å². The summed E-state index contributed by atoms with van der Waals surface area (Å²) in [5.74, 6) is -3.40. The summed E-state index contributed by atoms with van der Waals surface area (Å²) in [6, 6.07) is -1.26. The minimum Gasteiger partial charge on any atom is -0.478 e. The molecule has 0 aromatic carbocycles. The number of β-lactam (4-membered cyclic amide) rings is 1. The lowest BCUT2D eigenvalue weighted by Crippen LogP contribution is -2.73. The number of carboxylic acid groups (broad SMARTS) is 1. The number of nitrogens with one attached hydrogen (secondary N) is 1. The molecule has 0 bridgehead atoms. The van der Waals surface area contributed by atoms with E-state index in [9.17, 15) is 32.5 Å². The predicted molar refractivity (Wildman–Crippen MR) is 117 cm³/mol. The highest BCUT2D eigenvalue weighted by Gasteiger charge is 2.54. The van der Waals surface area contributed by atoms with E-state index in [1.807, 2.05) is 0 Å². The molecule has 2 aromatic rings. The molecule has 3 heterocycles. The minimum absolute atomic E-state index is 0.0689. The van der Waals surface area contributed by atoms with Crippen molar-refractivity contribution in [3.05, 3.63) is 23.3 Å². The van der Waals surface area contributed by atoms with E-state index in [1.54, 1.807) is 0 Å². The van der Waals surface area contributed by atoms with Crippen LogP contribution in [0.4, 0.5) is 10.9 Å². The summed E-state index contributed by atoms with van der Waals surface area (Å²) in [5.41, 5.74) is 8.73. The average Bonchev–Trinajstić information content (AvgIpc) is 3.32. The Hall–Kier alpha value is -3.77. The third kappa shape index (κ3) is 5.07. The molecule has 16 nitrogen and oxygen atoms in total. The summed E-state index contributed by atoms with van der Waals surface area (Å²) in [4.78, 5) is 45.6. The van der Waals surface area contributed by atoms with E-state index in [-0.39, 0.29) is 27.5 Å². The van der Waals surface area contributed by atoms with Gasteiger partial charge in [0.2, 0.25) is 5.60 Å². The maximum atomic E-state index is 13.0. The number of carboxylic acids is 1. The van der Waals surface area contributed by atoms with Gasteiger partial charge in [-0.3, -0.25) is 18.8 Å². The van der Waals surface area contributed by atoms with Gasteiger partial charge in [-0.1, -0.05) is 5.16 Å². The van der Waals surface area contributed by atoms with Crippen LogP contribution in [-0.2, 0) is 36.1 Å². The van der Waals surface area contributed by atoms with Gasteiger partial charge in [-0.05, 0) is 19.9 Å². The Kier molecular flexibility index (Phi) is 6.49. The minimum atomic E-state index is -4.94. The van der Waals surface area contributed by atoms with Crippen LogP contribution in [0.25, 0.3) is 0 Å². The Morgan fingerprint density at radius 3 is 2.56 bits per heavy atom. The second-order valence-electron chi connectivity index (χ2n) is 7.51. The number of nitrogens with two attached hydrogens (primary N) is 2. The number of carbonyl (C=O) groups excluding carboxylic acids is 2. The first-order valence-corrected chi connectivity index (χ1v) is 11.6. The highest BCUT2D eigenvalue weighted by atomic mass is 32.2. The smallest absolute Gasteiger partial charge is 0.362 e. The molecule has 3 rings (SSSR count). The summed E-state index contributed by atoms with van der Waals surface area (Å²) in [7, 11) is -4.94. The maximum absolute atomic E-state index is 13.0. The molecule has 1 saturated heterocycles. The fourth-order valence-corrected chi connectivity index (χ4v) is 4.24. The van der Waals surface area contributed by atoms with Gasteiger partial charge in [0.1, 0.15) is 17.6 Å². The van der Waals surface area contributed by atoms with E-state index in [2.05, 4.69) is 20.6 Å². The summed E-state index contributed by atoms with van der Waals surface area (Å²) >= 11 is 0.960. The largest absolute Gasteiger partial charge is 0.478 e. The van der Waals surface area contributed by atoms with Crippen LogP contribution in [0.15, 0.2) is 22.8 Å². The third-order valence-corrected chi connectivity index (χ3v) is 6.22. The van der Waals surface area contributed by atoms with Gasteiger partial charge in [-0.15, -0.1) is 11.3 Å². The number of carbonyl (C=O) groups is 3. The number of aliphatic carboxylic acids is 1. The molecule has 1 aliphatic rings. The molecule has 0 aliphatic carbocycles. The van der Waals surface area contributed by atoms with Crippen molar-refractivity contribution in [2.75, 3.05) is 11.5 Å². The Balaban J connectivity index is 1.89. The molecule has 34 heavy (non-hydrogen) atoms. The van der Waals surface area contributed by atoms with Gasteiger partial charge in [-0.2, -0.15) is 13.5 Å². The summed E-state index contributed by atoms with van der Waals surface area (Å²) in [5, 5.41) is 20.4. The Morgan fingerprint density at radius 2 is 2.06 bits per heavy atom. The number of hydrogen-bond donors (Lipinski definition) is 5. The molecule has 0 spiro atoms. The second kappa shape index (κ2) is 8.88. The van der Waals surface area contributed by atoms with E-state index >= 15 is 0 Å². The molecule has 0 radical (unpaired) electrons. The standard InChI is InChI=1S/C16H20N8O8S2/c1-16(2,14(27)28)32-22-10(7-6-33-15(18)19-7)12(25)20-11-8(5-23-4-3-9(17)21-23)24(13(11)26)34(29,30)31/h3-4,6,8,11H,5H2,1-2H3,(H2,17,21)(H2,18,19)(H,20,25)(H,27,28)(H,29,30,31)/b22-10-/t8-,11+/m1/s1. The number of amides is 2. The Bertz CT molecular complexity index is 1270. The second-order valence-corrected chi connectivity index (χ2v) is 9.69. The van der Waals surface area contributed by atoms with Crippen LogP contribution in [0, 0.1) is 0 Å². The summed E-state index contributed by atoms with van der Waals surface area (Å²) < 4.78 is 34.2. The molecule has 0 saturated carbocycles. The molecule has 0 unspecified atom stereocenters. The quantitative estimate of drug-likeness (QED) is 0.108. The maximum Gasteiger partial charge on any atom is 0.362 e. The highest BCUT2D eigenvalue weighted by molar-refractivity contribution is 7.84. The van der Waals surface area contributed by atoms with Gasteiger partial charge in [0.15, 0.2) is 10.8 Å². The van der Waals surface area contributed by atoms with Crippen LogP contribution < -0.4 is 16.8 Å². The van der Waals surface area contributed by atoms with Gasteiger partial charge >= 0.3 is 16.3 Å². The van der Waals surface area contributed by atoms with Crippen molar-refractivity contribution in [2.45, 2.75) is 38.1 Å². The van der Waals surface area contributed by atoms with E-state index in [0.717, 1.165) is 11.3 Å². The van der Waals surface area contributed by atoms with Crippen molar-refractivity contribution in [2.24, 2.45) is 5.16 Å². The zero-order chi connectivity index (χ0) is 25.4. The van der Waals surface area contributed by atoms with Gasteiger partial charge in [0.25, 0.3) is 11.8 Å². The zero-order valence-electron chi connectivity index (χ0n) is 17.6. The zero-order valence-corrected chi connectivity index (χ0v) is 19.3. The molecule has 7 N–H and O–H groups in total. The molecule has 2 amide bonds. The monoisotopic (exact) mass is 516 g/mol. The van der Waals surface area contributed by atoms with Crippen molar-refractivity contribution in [3.63, 3.8) is 0 Å². The molecule has 18 heteroatoms. The van der Waals surface area contributed by atoms with Crippen LogP contribution in [0.2, 0.25) is 0 Å². The normalized spacial score (nSPS) is 19.0. The summed E-state index contributed by atoms with van der Waals surface area (Å²) in [6.45, 7) is 2.14. The first-order valence-electron chi connectivity index (χ1n) is 9.32. The van der Waals surface area contributed by atoms with Gasteiger partial charge in [-0.25, -0.2) is 14.1 Å². The fraction of sp³-hybridized carbons (Fsp3) is 0.375. The Morgan fingerprint density at radius 1 is 1.38 bits per heavy atom. The van der Waals surface area contributed by atoms with Gasteiger partial charge < -0.3 is 26.7 Å². The number of hydrogen-bond acceptors (Lipinski definition) is 12. The number of thiazole rings is 1. The van der Waals surface area contributed by atoms with E-state index in [1.165, 1.54) is 36.2 Å². The van der Waals surface area contributed by atoms with Crippen LogP contribution in [0.1, 0.15) is 19.5 Å². The average molecular weight is 517 g/mol. The molecular weight excluding hydrogens is 496 g/mol.